The monoisotopic (exact) mass is 513 g/mol. The average molecular weight is 514 g/mol. The van der Waals surface area contributed by atoms with Gasteiger partial charge in [-0.05, 0) is 49.9 Å². The summed E-state index contributed by atoms with van der Waals surface area (Å²) in [4.78, 5) is 40.1. The fraction of sp³-hybridized carbons (Fsp3) is 0.524. The smallest absolute Gasteiger partial charge is 0.255 e. The Labute approximate surface area is 204 Å². The van der Waals surface area contributed by atoms with Crippen molar-refractivity contribution in [2.45, 2.75) is 43.9 Å². The van der Waals surface area contributed by atoms with Crippen LogP contribution in [0, 0.1) is 5.92 Å². The third kappa shape index (κ3) is 5.34. The van der Waals surface area contributed by atoms with Gasteiger partial charge in [-0.15, -0.1) is 0 Å². The predicted octanol–water partition coefficient (Wildman–Crippen LogP) is 0.964. The zero-order valence-corrected chi connectivity index (χ0v) is 20.3. The van der Waals surface area contributed by atoms with Gasteiger partial charge in [0.05, 0.1) is 21.3 Å². The van der Waals surface area contributed by atoms with E-state index in [9.17, 15) is 33.4 Å². The van der Waals surface area contributed by atoms with Gasteiger partial charge in [0.2, 0.25) is 11.8 Å². The number of rotatable bonds is 7. The molecule has 2 aliphatic heterocycles. The van der Waals surface area contributed by atoms with Gasteiger partial charge in [0.25, 0.3) is 5.91 Å². The number of hydrogen-bond acceptors (Lipinski definition) is 8. The molecule has 2 saturated heterocycles. The first kappa shape index (κ1) is 25.9. The molecule has 186 valence electrons. The molecule has 3 rings (SSSR count). The third-order valence-electron chi connectivity index (χ3n) is 6.10. The van der Waals surface area contributed by atoms with Crippen LogP contribution < -0.4 is 5.43 Å². The van der Waals surface area contributed by atoms with Crippen molar-refractivity contribution in [3.8, 4) is 11.5 Å². The van der Waals surface area contributed by atoms with Crippen molar-refractivity contribution in [2.75, 3.05) is 19.6 Å². The molecule has 4 atom stereocenters. The van der Waals surface area contributed by atoms with Gasteiger partial charge >= 0.3 is 0 Å². The van der Waals surface area contributed by atoms with Gasteiger partial charge in [0.1, 0.15) is 0 Å². The second-order valence-corrected chi connectivity index (χ2v) is 10.5. The summed E-state index contributed by atoms with van der Waals surface area (Å²) in [5.74, 6) is -2.77. The largest absolute Gasteiger partial charge is 0.772 e. The third-order valence-corrected chi connectivity index (χ3v) is 7.48. The van der Waals surface area contributed by atoms with Crippen LogP contribution in [-0.4, -0.2) is 83.1 Å². The first-order valence-electron chi connectivity index (χ1n) is 10.7. The molecule has 0 spiro atoms. The Bertz CT molecular complexity index is 1050. The molecule has 0 bridgehead atoms. The standard InChI is InChI=1S/C21H27ClN4O7S/c1-12-8-16(28)26(12)11-21(2,34(32)33)10-23-24-19(30)13-4-3-7-25(9-13)20(31)14-5-6-15(27)18(29)17(14)22/h5-6,10,12-13,27,29H,3-4,7-9,11H2,1-2H3,(H,24,30)(H,32,33)/p-1/b23-10+/t12-,13?,21+/m1/s1. The highest BCUT2D eigenvalue weighted by atomic mass is 35.5. The zero-order chi connectivity index (χ0) is 25.2. The highest BCUT2D eigenvalue weighted by molar-refractivity contribution is 7.81. The van der Waals surface area contributed by atoms with Crippen molar-refractivity contribution in [1.82, 2.24) is 15.2 Å². The second kappa shape index (κ2) is 10.3. The maximum absolute atomic E-state index is 12.8. The van der Waals surface area contributed by atoms with Crippen LogP contribution in [0.3, 0.4) is 0 Å². The number of piperidine rings is 1. The molecular weight excluding hydrogens is 488 g/mol. The Morgan fingerprint density at radius 2 is 2.12 bits per heavy atom. The number of β-lactam (4-membered cyclic amide) rings is 1. The number of carbonyl (C=O) groups excluding carboxylic acids is 3. The van der Waals surface area contributed by atoms with E-state index < -0.39 is 45.1 Å². The quantitative estimate of drug-likeness (QED) is 0.161. The normalized spacial score (nSPS) is 23.4. The summed E-state index contributed by atoms with van der Waals surface area (Å²) in [6.07, 6.45) is 2.48. The SMILES string of the molecule is C[C@@H]1CC(=O)N1C[C@](C)(/C=N/NC(=O)C1CCCN(C(=O)c2ccc(O)c(O)c2Cl)C1)S(=O)[O-]. The van der Waals surface area contributed by atoms with E-state index in [0.717, 1.165) is 12.3 Å². The fourth-order valence-corrected chi connectivity index (χ4v) is 4.55. The molecule has 3 amide bonds. The van der Waals surface area contributed by atoms with Crippen LogP contribution >= 0.6 is 11.6 Å². The average Bonchev–Trinajstić information content (AvgIpc) is 2.81. The summed E-state index contributed by atoms with van der Waals surface area (Å²) in [6.45, 7) is 3.59. The number of benzene rings is 1. The molecule has 3 N–H and O–H groups in total. The van der Waals surface area contributed by atoms with E-state index in [2.05, 4.69) is 10.5 Å². The van der Waals surface area contributed by atoms with Gasteiger partial charge in [-0.3, -0.25) is 18.6 Å². The molecule has 1 aromatic rings. The minimum Gasteiger partial charge on any atom is -0.772 e. The van der Waals surface area contributed by atoms with E-state index in [4.69, 9.17) is 11.6 Å². The Morgan fingerprint density at radius 1 is 1.41 bits per heavy atom. The summed E-state index contributed by atoms with van der Waals surface area (Å²) < 4.78 is 22.1. The molecular formula is C21H26ClN4O7S-. The Kier molecular flexibility index (Phi) is 7.84. The highest BCUT2D eigenvalue weighted by Crippen LogP contribution is 2.36. The summed E-state index contributed by atoms with van der Waals surface area (Å²) in [7, 11) is 0. The van der Waals surface area contributed by atoms with Crippen molar-refractivity contribution >= 4 is 46.6 Å². The summed E-state index contributed by atoms with van der Waals surface area (Å²) in [5.41, 5.74) is 2.34. The van der Waals surface area contributed by atoms with Gasteiger partial charge < -0.3 is 24.6 Å². The fourth-order valence-electron chi connectivity index (χ4n) is 3.92. The molecule has 2 fully saturated rings. The molecule has 0 saturated carbocycles. The lowest BCUT2D eigenvalue weighted by Gasteiger charge is -2.43. The summed E-state index contributed by atoms with van der Waals surface area (Å²) in [5, 5.41) is 22.8. The zero-order valence-electron chi connectivity index (χ0n) is 18.7. The maximum Gasteiger partial charge on any atom is 0.255 e. The number of likely N-dealkylation sites (tertiary alicyclic amines) is 2. The molecule has 13 heteroatoms. The van der Waals surface area contributed by atoms with Gasteiger partial charge in [0.15, 0.2) is 11.5 Å². The van der Waals surface area contributed by atoms with Crippen LogP contribution in [0.15, 0.2) is 17.2 Å². The van der Waals surface area contributed by atoms with E-state index in [1.54, 1.807) is 0 Å². The van der Waals surface area contributed by atoms with Crippen LogP contribution in [0.4, 0.5) is 0 Å². The van der Waals surface area contributed by atoms with Crippen LogP contribution in [0.1, 0.15) is 43.5 Å². The van der Waals surface area contributed by atoms with Crippen LogP contribution in [0.5, 0.6) is 11.5 Å². The first-order valence-corrected chi connectivity index (χ1v) is 12.1. The Morgan fingerprint density at radius 3 is 2.74 bits per heavy atom. The van der Waals surface area contributed by atoms with E-state index in [0.29, 0.717) is 25.8 Å². The molecule has 34 heavy (non-hydrogen) atoms. The van der Waals surface area contributed by atoms with Crippen LogP contribution in [-0.2, 0) is 20.7 Å². The number of nitrogens with one attached hydrogen (secondary N) is 1. The molecule has 2 unspecified atom stereocenters. The molecule has 2 heterocycles. The lowest BCUT2D eigenvalue weighted by Crippen LogP contribution is -2.58. The molecule has 2 aliphatic rings. The van der Waals surface area contributed by atoms with Crippen LogP contribution in [0.2, 0.25) is 5.02 Å². The van der Waals surface area contributed by atoms with E-state index in [1.807, 2.05) is 6.92 Å². The topological polar surface area (TPSA) is 163 Å². The maximum atomic E-state index is 12.8. The Balaban J connectivity index is 1.63. The molecule has 1 aromatic carbocycles. The van der Waals surface area contributed by atoms with Crippen molar-refractivity contribution in [3.63, 3.8) is 0 Å². The minimum absolute atomic E-state index is 0.000456. The van der Waals surface area contributed by atoms with E-state index >= 15 is 0 Å². The number of hydrogen-bond donors (Lipinski definition) is 3. The number of phenols is 2. The minimum atomic E-state index is -2.59. The first-order chi connectivity index (χ1) is 15.9. The number of halogens is 1. The van der Waals surface area contributed by atoms with Crippen molar-refractivity contribution in [3.05, 3.63) is 22.7 Å². The van der Waals surface area contributed by atoms with Gasteiger partial charge in [-0.2, -0.15) is 5.10 Å². The number of nitrogens with zero attached hydrogens (tertiary/aromatic N) is 3. The predicted molar refractivity (Wildman–Crippen MR) is 123 cm³/mol. The highest BCUT2D eigenvalue weighted by Gasteiger charge is 2.38. The molecule has 0 radical (unpaired) electrons. The van der Waals surface area contributed by atoms with E-state index in [1.165, 1.54) is 22.8 Å². The lowest BCUT2D eigenvalue weighted by atomic mass is 9.96. The summed E-state index contributed by atoms with van der Waals surface area (Å²) in [6, 6.07) is 2.39. The summed E-state index contributed by atoms with van der Waals surface area (Å²) >= 11 is 3.39. The molecule has 11 nitrogen and oxygen atoms in total. The number of aromatic hydroxyl groups is 2. The number of carbonyl (C=O) groups is 3. The van der Waals surface area contributed by atoms with Gasteiger partial charge in [-0.25, -0.2) is 5.43 Å². The molecule has 0 aliphatic carbocycles. The van der Waals surface area contributed by atoms with Gasteiger partial charge in [0, 0.05) is 38.3 Å². The number of phenolic OH excluding ortho intramolecular Hbond substituents is 2. The van der Waals surface area contributed by atoms with Crippen molar-refractivity contribution < 1.29 is 33.4 Å². The van der Waals surface area contributed by atoms with Crippen molar-refractivity contribution in [1.29, 1.82) is 0 Å². The molecule has 0 aromatic heterocycles. The number of amides is 3. The lowest BCUT2D eigenvalue weighted by molar-refractivity contribution is -0.145. The second-order valence-electron chi connectivity index (χ2n) is 8.74. The van der Waals surface area contributed by atoms with E-state index in [-0.39, 0.29) is 35.6 Å². The van der Waals surface area contributed by atoms with Gasteiger partial charge in [-0.1, -0.05) is 11.6 Å². The Hall–Kier alpha value is -2.70. The van der Waals surface area contributed by atoms with Crippen LogP contribution in [0.25, 0.3) is 0 Å². The number of hydrazone groups is 1. The van der Waals surface area contributed by atoms with Crippen molar-refractivity contribution in [2.24, 2.45) is 11.0 Å².